The SMILES string of the molecule is CN=C(NCCn1cc(C)cn1)NCC1(c2ccccc2)CCCC1. The van der Waals surface area contributed by atoms with E-state index in [4.69, 9.17) is 0 Å². The zero-order valence-corrected chi connectivity index (χ0v) is 15.3. The Kier molecular flexibility index (Phi) is 5.74. The normalized spacial score (nSPS) is 16.8. The van der Waals surface area contributed by atoms with E-state index >= 15 is 0 Å². The van der Waals surface area contributed by atoms with E-state index in [1.54, 1.807) is 0 Å². The fourth-order valence-electron chi connectivity index (χ4n) is 3.76. The topological polar surface area (TPSA) is 54.2 Å². The fraction of sp³-hybridized carbons (Fsp3) is 0.500. The Morgan fingerprint density at radius 1 is 1.20 bits per heavy atom. The third kappa shape index (κ3) is 4.41. The van der Waals surface area contributed by atoms with E-state index in [1.807, 2.05) is 17.9 Å². The number of hydrogen-bond donors (Lipinski definition) is 2. The van der Waals surface area contributed by atoms with Gasteiger partial charge in [0.15, 0.2) is 5.96 Å². The Morgan fingerprint density at radius 3 is 2.60 bits per heavy atom. The van der Waals surface area contributed by atoms with Gasteiger partial charge >= 0.3 is 0 Å². The van der Waals surface area contributed by atoms with Crippen LogP contribution in [0.2, 0.25) is 0 Å². The predicted octanol–water partition coefficient (Wildman–Crippen LogP) is 2.87. The standard InChI is InChI=1S/C20H29N5/c1-17-14-24-25(15-17)13-12-22-19(21-2)23-16-20(10-6-7-11-20)18-8-4-3-5-9-18/h3-5,8-9,14-15H,6-7,10-13,16H2,1-2H3,(H2,21,22,23). The van der Waals surface area contributed by atoms with Gasteiger partial charge in [-0.3, -0.25) is 9.67 Å². The lowest BCUT2D eigenvalue weighted by molar-refractivity contribution is 0.431. The second-order valence-electron chi connectivity index (χ2n) is 6.99. The quantitative estimate of drug-likeness (QED) is 0.628. The number of hydrogen-bond acceptors (Lipinski definition) is 2. The summed E-state index contributed by atoms with van der Waals surface area (Å²) in [6.07, 6.45) is 9.04. The van der Waals surface area contributed by atoms with Crippen molar-refractivity contribution in [2.45, 2.75) is 44.6 Å². The highest BCUT2D eigenvalue weighted by atomic mass is 15.3. The van der Waals surface area contributed by atoms with Crippen molar-refractivity contribution in [3.8, 4) is 0 Å². The molecule has 0 atom stereocenters. The molecule has 0 spiro atoms. The van der Waals surface area contributed by atoms with Gasteiger partial charge in [-0.2, -0.15) is 5.10 Å². The zero-order valence-electron chi connectivity index (χ0n) is 15.3. The lowest BCUT2D eigenvalue weighted by atomic mass is 9.79. The zero-order chi connectivity index (χ0) is 17.5. The van der Waals surface area contributed by atoms with Gasteiger partial charge in [-0.05, 0) is 30.9 Å². The first-order chi connectivity index (χ1) is 12.2. The van der Waals surface area contributed by atoms with E-state index in [9.17, 15) is 0 Å². The number of nitrogens with zero attached hydrogens (tertiary/aromatic N) is 3. The summed E-state index contributed by atoms with van der Waals surface area (Å²) in [4.78, 5) is 4.37. The number of nitrogens with one attached hydrogen (secondary N) is 2. The van der Waals surface area contributed by atoms with Crippen LogP contribution in [0.4, 0.5) is 0 Å². The van der Waals surface area contributed by atoms with Gasteiger partial charge in [-0.1, -0.05) is 43.2 Å². The Morgan fingerprint density at radius 2 is 1.96 bits per heavy atom. The van der Waals surface area contributed by atoms with Crippen LogP contribution in [0.25, 0.3) is 0 Å². The molecule has 0 unspecified atom stereocenters. The van der Waals surface area contributed by atoms with Crippen molar-refractivity contribution >= 4 is 5.96 Å². The molecule has 0 aliphatic heterocycles. The van der Waals surface area contributed by atoms with Gasteiger partial charge in [0.05, 0.1) is 12.7 Å². The molecular weight excluding hydrogens is 310 g/mol. The molecule has 3 rings (SSSR count). The largest absolute Gasteiger partial charge is 0.356 e. The molecule has 1 aliphatic carbocycles. The average Bonchev–Trinajstić information content (AvgIpc) is 3.28. The molecule has 0 bridgehead atoms. The number of rotatable bonds is 6. The first kappa shape index (κ1) is 17.5. The van der Waals surface area contributed by atoms with E-state index in [0.29, 0.717) is 0 Å². The molecule has 1 aromatic heterocycles. The molecule has 1 heterocycles. The molecule has 2 N–H and O–H groups in total. The lowest BCUT2D eigenvalue weighted by Crippen LogP contribution is -2.45. The van der Waals surface area contributed by atoms with E-state index in [-0.39, 0.29) is 5.41 Å². The monoisotopic (exact) mass is 339 g/mol. The summed E-state index contributed by atoms with van der Waals surface area (Å²) in [7, 11) is 1.83. The average molecular weight is 339 g/mol. The van der Waals surface area contributed by atoms with Crippen molar-refractivity contribution in [3.05, 3.63) is 53.9 Å². The third-order valence-corrected chi connectivity index (χ3v) is 5.16. The molecule has 1 fully saturated rings. The van der Waals surface area contributed by atoms with Gasteiger partial charge in [-0.25, -0.2) is 0 Å². The minimum Gasteiger partial charge on any atom is -0.356 e. The van der Waals surface area contributed by atoms with Gasteiger partial charge in [0, 0.05) is 31.7 Å². The van der Waals surface area contributed by atoms with E-state index in [0.717, 1.165) is 25.6 Å². The number of aliphatic imine (C=N–C) groups is 1. The molecule has 2 aromatic rings. The van der Waals surface area contributed by atoms with E-state index in [1.165, 1.54) is 36.8 Å². The molecule has 1 aromatic carbocycles. The minimum absolute atomic E-state index is 0.234. The number of benzene rings is 1. The van der Waals surface area contributed by atoms with Crippen LogP contribution in [0.1, 0.15) is 36.8 Å². The second-order valence-corrected chi connectivity index (χ2v) is 6.99. The molecule has 134 valence electrons. The van der Waals surface area contributed by atoms with Crippen LogP contribution < -0.4 is 10.6 Å². The van der Waals surface area contributed by atoms with Crippen LogP contribution in [0.15, 0.2) is 47.7 Å². The fourth-order valence-corrected chi connectivity index (χ4v) is 3.76. The highest BCUT2D eigenvalue weighted by molar-refractivity contribution is 5.79. The van der Waals surface area contributed by atoms with Crippen molar-refractivity contribution in [1.29, 1.82) is 0 Å². The summed E-state index contributed by atoms with van der Waals surface area (Å²) >= 11 is 0. The summed E-state index contributed by atoms with van der Waals surface area (Å²) in [5, 5.41) is 11.3. The molecule has 0 amide bonds. The summed E-state index contributed by atoms with van der Waals surface area (Å²) in [5.41, 5.74) is 2.87. The number of guanidine groups is 1. The summed E-state index contributed by atoms with van der Waals surface area (Å²) in [5.74, 6) is 0.867. The molecular formula is C20H29N5. The molecule has 1 saturated carbocycles. The molecule has 5 heteroatoms. The van der Waals surface area contributed by atoms with Gasteiger partial charge in [0.2, 0.25) is 0 Å². The maximum atomic E-state index is 4.37. The van der Waals surface area contributed by atoms with Crippen molar-refractivity contribution in [3.63, 3.8) is 0 Å². The summed E-state index contributed by atoms with van der Waals surface area (Å²) in [6, 6.07) is 10.9. The minimum atomic E-state index is 0.234. The molecule has 25 heavy (non-hydrogen) atoms. The van der Waals surface area contributed by atoms with E-state index in [2.05, 4.69) is 64.2 Å². The predicted molar refractivity (Wildman–Crippen MR) is 103 cm³/mol. The molecule has 0 saturated heterocycles. The van der Waals surface area contributed by atoms with Crippen LogP contribution in [-0.4, -0.2) is 35.9 Å². The number of aryl methyl sites for hydroxylation is 1. The van der Waals surface area contributed by atoms with Crippen molar-refractivity contribution < 1.29 is 0 Å². The highest BCUT2D eigenvalue weighted by Crippen LogP contribution is 2.40. The van der Waals surface area contributed by atoms with Crippen LogP contribution in [-0.2, 0) is 12.0 Å². The maximum Gasteiger partial charge on any atom is 0.191 e. The van der Waals surface area contributed by atoms with E-state index < -0.39 is 0 Å². The lowest BCUT2D eigenvalue weighted by Gasteiger charge is -2.30. The Hall–Kier alpha value is -2.30. The van der Waals surface area contributed by atoms with Crippen LogP contribution >= 0.6 is 0 Å². The van der Waals surface area contributed by atoms with Gasteiger partial charge < -0.3 is 10.6 Å². The Balaban J connectivity index is 1.54. The second kappa shape index (κ2) is 8.19. The van der Waals surface area contributed by atoms with Crippen molar-refractivity contribution in [2.24, 2.45) is 4.99 Å². The molecule has 0 radical (unpaired) electrons. The molecule has 5 nitrogen and oxygen atoms in total. The smallest absolute Gasteiger partial charge is 0.191 e. The van der Waals surface area contributed by atoms with Gasteiger partial charge in [0.1, 0.15) is 0 Å². The van der Waals surface area contributed by atoms with Crippen LogP contribution in [0.3, 0.4) is 0 Å². The van der Waals surface area contributed by atoms with Gasteiger partial charge in [0.25, 0.3) is 0 Å². The number of aromatic nitrogens is 2. The van der Waals surface area contributed by atoms with Crippen LogP contribution in [0, 0.1) is 6.92 Å². The van der Waals surface area contributed by atoms with Gasteiger partial charge in [-0.15, -0.1) is 0 Å². The highest BCUT2D eigenvalue weighted by Gasteiger charge is 2.35. The maximum absolute atomic E-state index is 4.37. The first-order valence-electron chi connectivity index (χ1n) is 9.21. The van der Waals surface area contributed by atoms with Crippen LogP contribution in [0.5, 0.6) is 0 Å². The van der Waals surface area contributed by atoms with Crippen molar-refractivity contribution in [1.82, 2.24) is 20.4 Å². The summed E-state index contributed by atoms with van der Waals surface area (Å²) in [6.45, 7) is 4.62. The third-order valence-electron chi connectivity index (χ3n) is 5.16. The Bertz CT molecular complexity index is 683. The first-order valence-corrected chi connectivity index (χ1v) is 9.21. The summed E-state index contributed by atoms with van der Waals surface area (Å²) < 4.78 is 1.96. The Labute approximate surface area is 150 Å². The molecule has 1 aliphatic rings. The van der Waals surface area contributed by atoms with Crippen molar-refractivity contribution in [2.75, 3.05) is 20.1 Å².